The Morgan fingerprint density at radius 1 is 1.00 bits per heavy atom. The van der Waals surface area contributed by atoms with Crippen molar-refractivity contribution in [2.75, 3.05) is 19.1 Å². The average Bonchev–Trinajstić information content (AvgIpc) is 2.74. The maximum Gasteiger partial charge on any atom is 0.127 e. The van der Waals surface area contributed by atoms with Crippen LogP contribution >= 0.6 is 23.5 Å². The van der Waals surface area contributed by atoms with Crippen molar-refractivity contribution >= 4 is 34.3 Å². The third-order valence-electron chi connectivity index (χ3n) is 5.00. The first-order valence-electron chi connectivity index (χ1n) is 10.2. The second kappa shape index (κ2) is 12.6. The monoisotopic (exact) mass is 406 g/mol. The maximum atomic E-state index is 7.00. The number of hydrogen-bond acceptors (Lipinski definition) is 4. The van der Waals surface area contributed by atoms with Gasteiger partial charge in [-0.15, -0.1) is 23.5 Å². The molecule has 1 saturated carbocycles. The molecule has 1 N–H and O–H groups in total. The summed E-state index contributed by atoms with van der Waals surface area (Å²) in [5.74, 6) is 2.28. The van der Waals surface area contributed by atoms with Crippen LogP contribution in [0.5, 0.6) is 5.75 Å². The topological polar surface area (TPSA) is 29.5 Å². The second-order valence-electron chi connectivity index (χ2n) is 6.88. The zero-order chi connectivity index (χ0) is 19.5. The molecule has 1 aliphatic carbocycles. The highest BCUT2D eigenvalue weighted by Gasteiger charge is 2.17. The number of ether oxygens (including phenoxy) is 1. The predicted molar refractivity (Wildman–Crippen MR) is 122 cm³/mol. The third kappa shape index (κ3) is 6.33. The second-order valence-corrected chi connectivity index (χ2v) is 8.86. The van der Waals surface area contributed by atoms with Gasteiger partial charge >= 0.3 is 0 Å². The highest BCUT2D eigenvalue weighted by molar-refractivity contribution is 8.00. The molecule has 1 aliphatic rings. The molecule has 1 fully saturated rings. The van der Waals surface area contributed by atoms with Gasteiger partial charge in [0.25, 0.3) is 0 Å². The Labute approximate surface area is 173 Å². The number of aliphatic hydroxyl groups excluding tert-OH is 1. The van der Waals surface area contributed by atoms with E-state index in [-0.39, 0.29) is 0 Å². The van der Waals surface area contributed by atoms with Crippen molar-refractivity contribution in [3.8, 4) is 5.75 Å². The molecule has 2 aromatic carbocycles. The summed E-state index contributed by atoms with van der Waals surface area (Å²) in [6, 6.07) is 11.2. The molecule has 4 heteroatoms. The Bertz CT molecular complexity index is 681. The maximum absolute atomic E-state index is 7.00. The Kier molecular flexibility index (Phi) is 10.5. The molecule has 0 heterocycles. The lowest BCUT2D eigenvalue weighted by Gasteiger charge is -2.24. The van der Waals surface area contributed by atoms with E-state index in [0.29, 0.717) is 6.10 Å². The Balaban J connectivity index is 0.00000126. The van der Waals surface area contributed by atoms with Crippen LogP contribution < -0.4 is 4.74 Å². The van der Waals surface area contributed by atoms with Crippen LogP contribution in [0.3, 0.4) is 0 Å². The minimum atomic E-state index is 0.401. The van der Waals surface area contributed by atoms with Crippen molar-refractivity contribution in [2.45, 2.75) is 74.2 Å². The number of rotatable bonds is 8. The van der Waals surface area contributed by atoms with Crippen molar-refractivity contribution in [3.63, 3.8) is 0 Å². The molecule has 0 bridgehead atoms. The van der Waals surface area contributed by atoms with Gasteiger partial charge in [-0.1, -0.05) is 38.3 Å². The molecule has 3 rings (SSSR count). The summed E-state index contributed by atoms with van der Waals surface area (Å²) >= 11 is 3.85. The fraction of sp³-hybridized carbons (Fsp3) is 0.565. The number of benzene rings is 2. The molecule has 0 saturated heterocycles. The number of unbranched alkanes of at least 4 members (excludes halogenated alkanes) is 2. The predicted octanol–water partition coefficient (Wildman–Crippen LogP) is 7.16. The summed E-state index contributed by atoms with van der Waals surface area (Å²) in [5.41, 5.74) is 0. The van der Waals surface area contributed by atoms with Gasteiger partial charge in [-0.05, 0) is 62.3 Å². The van der Waals surface area contributed by atoms with Crippen LogP contribution in [0.4, 0.5) is 0 Å². The summed E-state index contributed by atoms with van der Waals surface area (Å²) in [7, 11) is 1.00. The molecule has 2 aromatic rings. The molecule has 0 radical (unpaired) electrons. The number of fused-ring (bicyclic) bond motifs is 1. The molecule has 2 nitrogen and oxygen atoms in total. The summed E-state index contributed by atoms with van der Waals surface area (Å²) < 4.78 is 6.45. The molecule has 0 amide bonds. The molecular weight excluding hydrogens is 372 g/mol. The van der Waals surface area contributed by atoms with Gasteiger partial charge in [-0.2, -0.15) is 0 Å². The van der Waals surface area contributed by atoms with E-state index in [2.05, 4.69) is 43.5 Å². The molecule has 0 unspecified atom stereocenters. The first kappa shape index (κ1) is 22.4. The van der Waals surface area contributed by atoms with Gasteiger partial charge in [-0.3, -0.25) is 0 Å². The van der Waals surface area contributed by atoms with E-state index in [1.807, 2.05) is 23.5 Å². The van der Waals surface area contributed by atoms with Gasteiger partial charge in [0.1, 0.15) is 5.75 Å². The van der Waals surface area contributed by atoms with E-state index in [4.69, 9.17) is 9.84 Å². The molecule has 0 spiro atoms. The highest BCUT2D eigenvalue weighted by Crippen LogP contribution is 2.40. The molecule has 150 valence electrons. The SMILES string of the molecule is CCCCCSc1ccc(OC2CCCCC2)c2cccc(SC)c12.CO. The van der Waals surface area contributed by atoms with Gasteiger partial charge in [-0.25, -0.2) is 0 Å². The molecular formula is C23H34O2S2. The Morgan fingerprint density at radius 2 is 1.78 bits per heavy atom. The summed E-state index contributed by atoms with van der Waals surface area (Å²) in [5, 5.41) is 9.68. The largest absolute Gasteiger partial charge is 0.490 e. The van der Waals surface area contributed by atoms with Gasteiger partial charge in [0, 0.05) is 27.7 Å². The summed E-state index contributed by atoms with van der Waals surface area (Å²) in [6.07, 6.45) is 12.9. The fourth-order valence-corrected chi connectivity index (χ4v) is 5.41. The van der Waals surface area contributed by atoms with Crippen LogP contribution in [0.25, 0.3) is 10.8 Å². The zero-order valence-electron chi connectivity index (χ0n) is 17.0. The minimum Gasteiger partial charge on any atom is -0.490 e. The van der Waals surface area contributed by atoms with E-state index < -0.39 is 0 Å². The van der Waals surface area contributed by atoms with Crippen molar-refractivity contribution in [2.24, 2.45) is 0 Å². The molecule has 0 aliphatic heterocycles. The third-order valence-corrected chi connectivity index (χ3v) is 6.92. The van der Waals surface area contributed by atoms with E-state index in [1.54, 1.807) is 0 Å². The van der Waals surface area contributed by atoms with Crippen molar-refractivity contribution < 1.29 is 9.84 Å². The van der Waals surface area contributed by atoms with Crippen LogP contribution in [0.15, 0.2) is 40.1 Å². The summed E-state index contributed by atoms with van der Waals surface area (Å²) in [6.45, 7) is 2.27. The zero-order valence-corrected chi connectivity index (χ0v) is 18.6. The van der Waals surface area contributed by atoms with Crippen LogP contribution in [0, 0.1) is 0 Å². The van der Waals surface area contributed by atoms with E-state index in [1.165, 1.54) is 77.7 Å². The smallest absolute Gasteiger partial charge is 0.127 e. The lowest BCUT2D eigenvalue weighted by atomic mass is 9.97. The van der Waals surface area contributed by atoms with Crippen LogP contribution in [0.1, 0.15) is 58.3 Å². The first-order valence-corrected chi connectivity index (χ1v) is 12.4. The van der Waals surface area contributed by atoms with Crippen LogP contribution in [0.2, 0.25) is 0 Å². The van der Waals surface area contributed by atoms with Crippen LogP contribution in [-0.2, 0) is 0 Å². The molecule has 0 aromatic heterocycles. The van der Waals surface area contributed by atoms with Gasteiger partial charge in [0.2, 0.25) is 0 Å². The van der Waals surface area contributed by atoms with E-state index >= 15 is 0 Å². The fourth-order valence-electron chi connectivity index (χ4n) is 3.60. The Morgan fingerprint density at radius 3 is 2.48 bits per heavy atom. The van der Waals surface area contributed by atoms with Gasteiger partial charge in [0.15, 0.2) is 0 Å². The first-order chi connectivity index (χ1) is 13.3. The van der Waals surface area contributed by atoms with E-state index in [0.717, 1.165) is 12.9 Å². The number of aliphatic hydroxyl groups is 1. The molecule has 27 heavy (non-hydrogen) atoms. The summed E-state index contributed by atoms with van der Waals surface area (Å²) in [4.78, 5) is 2.77. The number of hydrogen-bond donors (Lipinski definition) is 1. The van der Waals surface area contributed by atoms with Crippen molar-refractivity contribution in [3.05, 3.63) is 30.3 Å². The average molecular weight is 407 g/mol. The van der Waals surface area contributed by atoms with Crippen molar-refractivity contribution in [1.29, 1.82) is 0 Å². The minimum absolute atomic E-state index is 0.401. The standard InChI is InChI=1S/C22H30OS2.CH4O/c1-3-4-8-16-25-21-15-14-19(23-17-10-6-5-7-11-17)18-12-9-13-20(24-2)22(18)21;1-2/h9,12-15,17H,3-8,10-11,16H2,1-2H3;2H,1H3. The van der Waals surface area contributed by atoms with Gasteiger partial charge < -0.3 is 9.84 Å². The van der Waals surface area contributed by atoms with Crippen LogP contribution in [-0.4, -0.2) is 30.3 Å². The Hall–Kier alpha value is -0.840. The lowest BCUT2D eigenvalue weighted by molar-refractivity contribution is 0.157. The lowest BCUT2D eigenvalue weighted by Crippen LogP contribution is -2.19. The van der Waals surface area contributed by atoms with E-state index in [9.17, 15) is 0 Å². The highest BCUT2D eigenvalue weighted by atomic mass is 32.2. The van der Waals surface area contributed by atoms with Gasteiger partial charge in [0.05, 0.1) is 6.10 Å². The van der Waals surface area contributed by atoms with Crippen molar-refractivity contribution in [1.82, 2.24) is 0 Å². The molecule has 0 atom stereocenters. The normalized spacial score (nSPS) is 14.7. The number of thioether (sulfide) groups is 2. The quantitative estimate of drug-likeness (QED) is 0.372.